The number of ether oxygens (including phenoxy) is 1. The Morgan fingerprint density at radius 3 is 2.83 bits per heavy atom. The molecule has 2 saturated heterocycles. The zero-order chi connectivity index (χ0) is 16.8. The molecule has 2 aliphatic heterocycles. The van der Waals surface area contributed by atoms with E-state index < -0.39 is 17.4 Å². The largest absolute Gasteiger partial charge is 0.481 e. The van der Waals surface area contributed by atoms with E-state index in [0.29, 0.717) is 13.2 Å². The molecular weight excluding hydrogens is 302 g/mol. The van der Waals surface area contributed by atoms with Crippen molar-refractivity contribution in [1.29, 1.82) is 0 Å². The Morgan fingerprint density at radius 1 is 1.43 bits per heavy atom. The molecule has 3 rings (SSSR count). The van der Waals surface area contributed by atoms with Crippen LogP contribution < -0.4 is 10.9 Å². The number of pyridine rings is 1. The fraction of sp³-hybridized carbons (Fsp3) is 0.533. The maximum Gasteiger partial charge on any atom is 0.322 e. The summed E-state index contributed by atoms with van der Waals surface area (Å²) in [5.41, 5.74) is -0.365. The Kier molecular flexibility index (Phi) is 3.63. The van der Waals surface area contributed by atoms with Crippen LogP contribution >= 0.6 is 0 Å². The number of hydrogen-bond donors (Lipinski definition) is 2. The second kappa shape index (κ2) is 5.38. The lowest BCUT2D eigenvalue weighted by atomic mass is 9.81. The number of carbonyl (C=O) groups excluding carboxylic acids is 1. The van der Waals surface area contributed by atoms with Gasteiger partial charge in [-0.25, -0.2) is 4.79 Å². The fourth-order valence-corrected chi connectivity index (χ4v) is 3.21. The fourth-order valence-electron chi connectivity index (χ4n) is 3.21. The smallest absolute Gasteiger partial charge is 0.322 e. The third kappa shape index (κ3) is 2.39. The van der Waals surface area contributed by atoms with Gasteiger partial charge in [-0.1, -0.05) is 0 Å². The van der Waals surface area contributed by atoms with Crippen LogP contribution in [0.4, 0.5) is 10.5 Å². The maximum absolute atomic E-state index is 12.4. The van der Waals surface area contributed by atoms with Gasteiger partial charge in [-0.3, -0.25) is 9.59 Å². The molecule has 1 aromatic rings. The number of aryl methyl sites for hydroxylation is 1. The Labute approximate surface area is 132 Å². The summed E-state index contributed by atoms with van der Waals surface area (Å²) >= 11 is 0. The average Bonchev–Trinajstić information content (AvgIpc) is 3.06. The van der Waals surface area contributed by atoms with Crippen LogP contribution in [0.3, 0.4) is 0 Å². The molecule has 124 valence electrons. The van der Waals surface area contributed by atoms with Crippen LogP contribution in [-0.4, -0.2) is 52.9 Å². The number of likely N-dealkylation sites (tertiary alicyclic amines) is 1. The molecule has 2 N–H and O–H groups in total. The van der Waals surface area contributed by atoms with Crippen LogP contribution in [0.2, 0.25) is 0 Å². The molecule has 0 aliphatic carbocycles. The predicted octanol–water partition coefficient (Wildman–Crippen LogP) is 0.259. The van der Waals surface area contributed by atoms with E-state index in [-0.39, 0.29) is 30.3 Å². The standard InChI is InChI=1S/C15H19N3O5/c1-9-3-4-11(12(19)17(9)2)16-14(22)18-5-10-6-23-8-15(10,7-18)13(20)21/h3-4,10H,5-8H2,1-2H3,(H,16,22)(H,20,21)/t10-,15-/m1/s1. The number of fused-ring (bicyclic) bond motifs is 1. The van der Waals surface area contributed by atoms with Gasteiger partial charge in [0, 0.05) is 31.7 Å². The van der Waals surface area contributed by atoms with Crippen molar-refractivity contribution in [3.05, 3.63) is 28.2 Å². The molecule has 2 fully saturated rings. The molecule has 0 unspecified atom stereocenters. The van der Waals surface area contributed by atoms with Gasteiger partial charge < -0.3 is 24.6 Å². The van der Waals surface area contributed by atoms with Gasteiger partial charge in [0.05, 0.1) is 13.2 Å². The summed E-state index contributed by atoms with van der Waals surface area (Å²) in [6, 6.07) is 2.84. The predicted molar refractivity (Wildman–Crippen MR) is 81.4 cm³/mol. The highest BCUT2D eigenvalue weighted by atomic mass is 16.5. The number of nitrogens with one attached hydrogen (secondary N) is 1. The number of nitrogens with zero attached hydrogens (tertiary/aromatic N) is 2. The van der Waals surface area contributed by atoms with Crippen LogP contribution in [0.1, 0.15) is 5.69 Å². The van der Waals surface area contributed by atoms with Gasteiger partial charge in [0.2, 0.25) is 0 Å². The van der Waals surface area contributed by atoms with Gasteiger partial charge in [-0.2, -0.15) is 0 Å². The summed E-state index contributed by atoms with van der Waals surface area (Å²) in [6.07, 6.45) is 0. The summed E-state index contributed by atoms with van der Waals surface area (Å²) < 4.78 is 6.72. The summed E-state index contributed by atoms with van der Waals surface area (Å²) in [6.45, 7) is 2.64. The van der Waals surface area contributed by atoms with Gasteiger partial charge in [-0.15, -0.1) is 0 Å². The monoisotopic (exact) mass is 321 g/mol. The minimum absolute atomic E-state index is 0.0883. The first-order valence-electron chi connectivity index (χ1n) is 7.39. The first-order valence-corrected chi connectivity index (χ1v) is 7.39. The normalized spacial score (nSPS) is 26.2. The van der Waals surface area contributed by atoms with E-state index in [0.717, 1.165) is 5.69 Å². The summed E-state index contributed by atoms with van der Waals surface area (Å²) in [7, 11) is 1.63. The molecule has 23 heavy (non-hydrogen) atoms. The Hall–Kier alpha value is -2.35. The topological polar surface area (TPSA) is 101 Å². The zero-order valence-corrected chi connectivity index (χ0v) is 13.0. The number of urea groups is 1. The number of rotatable bonds is 2. The first-order chi connectivity index (χ1) is 10.8. The molecule has 2 amide bonds. The molecule has 8 nitrogen and oxygen atoms in total. The van der Waals surface area contributed by atoms with Gasteiger partial charge in [0.1, 0.15) is 11.1 Å². The highest BCUT2D eigenvalue weighted by Crippen LogP contribution is 2.41. The van der Waals surface area contributed by atoms with Crippen molar-refractivity contribution in [2.45, 2.75) is 6.92 Å². The van der Waals surface area contributed by atoms with Crippen molar-refractivity contribution in [1.82, 2.24) is 9.47 Å². The summed E-state index contributed by atoms with van der Waals surface area (Å²) in [5, 5.41) is 12.1. The van der Waals surface area contributed by atoms with Crippen molar-refractivity contribution in [3.8, 4) is 0 Å². The Balaban J connectivity index is 1.77. The maximum atomic E-state index is 12.4. The van der Waals surface area contributed by atoms with Crippen molar-refractivity contribution < 1.29 is 19.4 Å². The van der Waals surface area contributed by atoms with Gasteiger partial charge >= 0.3 is 12.0 Å². The molecular formula is C15H19N3O5. The Bertz CT molecular complexity index is 728. The van der Waals surface area contributed by atoms with E-state index in [4.69, 9.17) is 4.74 Å². The minimum atomic E-state index is -1.03. The molecule has 0 saturated carbocycles. The Morgan fingerprint density at radius 2 is 2.17 bits per heavy atom. The van der Waals surface area contributed by atoms with E-state index >= 15 is 0 Å². The second-order valence-corrected chi connectivity index (χ2v) is 6.24. The number of carbonyl (C=O) groups is 2. The van der Waals surface area contributed by atoms with Gasteiger partial charge in [0.25, 0.3) is 5.56 Å². The lowest BCUT2D eigenvalue weighted by Crippen LogP contribution is -2.41. The SMILES string of the molecule is Cc1ccc(NC(=O)N2C[C@@H]3COC[C@]3(C(=O)O)C2)c(=O)n1C. The third-order valence-electron chi connectivity index (χ3n) is 4.88. The average molecular weight is 321 g/mol. The number of hydrogen-bond acceptors (Lipinski definition) is 4. The van der Waals surface area contributed by atoms with Crippen LogP contribution in [0.15, 0.2) is 16.9 Å². The number of carboxylic acid groups (broad SMARTS) is 1. The lowest BCUT2D eigenvalue weighted by Gasteiger charge is -2.22. The van der Waals surface area contributed by atoms with Gasteiger partial charge in [0.15, 0.2) is 0 Å². The van der Waals surface area contributed by atoms with Gasteiger partial charge in [-0.05, 0) is 19.1 Å². The van der Waals surface area contributed by atoms with Crippen molar-refractivity contribution in [2.24, 2.45) is 18.4 Å². The van der Waals surface area contributed by atoms with Crippen LogP contribution in [0, 0.1) is 18.3 Å². The molecule has 0 spiro atoms. The van der Waals surface area contributed by atoms with E-state index in [1.807, 2.05) is 0 Å². The zero-order valence-electron chi connectivity index (χ0n) is 13.0. The molecule has 0 radical (unpaired) electrons. The number of carboxylic acids is 1. The minimum Gasteiger partial charge on any atom is -0.481 e. The van der Waals surface area contributed by atoms with Crippen molar-refractivity contribution >= 4 is 17.7 Å². The molecule has 3 heterocycles. The van der Waals surface area contributed by atoms with E-state index in [1.165, 1.54) is 9.47 Å². The lowest BCUT2D eigenvalue weighted by molar-refractivity contribution is -0.149. The molecule has 2 atom stereocenters. The van der Waals surface area contributed by atoms with Crippen LogP contribution in [0.5, 0.6) is 0 Å². The molecule has 8 heteroatoms. The third-order valence-corrected chi connectivity index (χ3v) is 4.88. The number of anilines is 1. The molecule has 1 aromatic heterocycles. The molecule has 0 bridgehead atoms. The number of amides is 2. The quantitative estimate of drug-likeness (QED) is 0.813. The summed E-state index contributed by atoms with van der Waals surface area (Å²) in [5.74, 6) is -1.16. The van der Waals surface area contributed by atoms with Crippen LogP contribution in [0.25, 0.3) is 0 Å². The van der Waals surface area contributed by atoms with E-state index in [2.05, 4.69) is 5.32 Å². The number of aromatic nitrogens is 1. The number of aliphatic carboxylic acids is 1. The van der Waals surface area contributed by atoms with Crippen molar-refractivity contribution in [2.75, 3.05) is 31.6 Å². The molecule has 2 aliphatic rings. The van der Waals surface area contributed by atoms with Crippen LogP contribution in [-0.2, 0) is 16.6 Å². The second-order valence-electron chi connectivity index (χ2n) is 6.24. The van der Waals surface area contributed by atoms with E-state index in [9.17, 15) is 19.5 Å². The summed E-state index contributed by atoms with van der Waals surface area (Å²) in [4.78, 5) is 37.5. The highest BCUT2D eigenvalue weighted by molar-refractivity contribution is 5.90. The van der Waals surface area contributed by atoms with E-state index in [1.54, 1.807) is 26.1 Å². The van der Waals surface area contributed by atoms with Crippen molar-refractivity contribution in [3.63, 3.8) is 0 Å². The highest BCUT2D eigenvalue weighted by Gasteiger charge is 2.57. The molecule has 0 aromatic carbocycles. The first kappa shape index (κ1) is 15.5.